The number of nitrogens with one attached hydrogen (secondary N) is 1. The third-order valence-electron chi connectivity index (χ3n) is 3.84. The molecule has 2 aliphatic heterocycles. The van der Waals surface area contributed by atoms with E-state index in [4.69, 9.17) is 0 Å². The van der Waals surface area contributed by atoms with E-state index in [1.807, 2.05) is 0 Å². The topological polar surface area (TPSA) is 98.0 Å². The summed E-state index contributed by atoms with van der Waals surface area (Å²) in [6.45, 7) is 5.12. The highest BCUT2D eigenvalue weighted by atomic mass is 32.2. The van der Waals surface area contributed by atoms with Crippen molar-refractivity contribution < 1.29 is 15.0 Å². The molecule has 0 radical (unpaired) electrons. The molecule has 126 valence electrons. The Morgan fingerprint density at radius 3 is 2.70 bits per heavy atom. The van der Waals surface area contributed by atoms with Crippen LogP contribution in [0.25, 0.3) is 0 Å². The Morgan fingerprint density at radius 2 is 2.13 bits per heavy atom. The number of nitrogens with zero attached hydrogens (tertiary/aromatic N) is 3. The van der Waals surface area contributed by atoms with Gasteiger partial charge < -0.3 is 20.4 Å². The summed E-state index contributed by atoms with van der Waals surface area (Å²) < 4.78 is 0. The van der Waals surface area contributed by atoms with E-state index in [0.29, 0.717) is 16.5 Å². The fraction of sp³-hybridized carbons (Fsp3) is 0.533. The zero-order valence-electron chi connectivity index (χ0n) is 12.2. The molecule has 0 spiro atoms. The molecule has 1 atom stereocenters. The molecular formula is C15H22N4O3S. The Balaban J connectivity index is 0.00000192. The Hall–Kier alpha value is -1.80. The van der Waals surface area contributed by atoms with Gasteiger partial charge in [-0.25, -0.2) is 9.78 Å². The molecule has 2 aliphatic rings. The molecule has 0 unspecified atom stereocenters. The fourth-order valence-electron chi connectivity index (χ4n) is 2.43. The van der Waals surface area contributed by atoms with Crippen molar-refractivity contribution in [1.82, 2.24) is 10.3 Å². The maximum atomic E-state index is 11.2. The molecule has 1 saturated heterocycles. The molecule has 0 aliphatic carbocycles. The van der Waals surface area contributed by atoms with Gasteiger partial charge in [-0.05, 0) is 6.92 Å². The summed E-state index contributed by atoms with van der Waals surface area (Å²) in [5.41, 5.74) is 0.0758. The predicted molar refractivity (Wildman–Crippen MR) is 92.8 cm³/mol. The third-order valence-corrected chi connectivity index (χ3v) is 5.10. The molecule has 23 heavy (non-hydrogen) atoms. The van der Waals surface area contributed by atoms with Gasteiger partial charge in [0.2, 0.25) is 0 Å². The SMILES string of the molecule is C.C[C@]1(C(=O)O)CSC(c2ncc(N3CCNCC3)cc2O)=N1. The van der Waals surface area contributed by atoms with Crippen molar-refractivity contribution in [1.29, 1.82) is 0 Å². The van der Waals surface area contributed by atoms with Crippen LogP contribution < -0.4 is 10.2 Å². The zero-order valence-corrected chi connectivity index (χ0v) is 13.1. The maximum absolute atomic E-state index is 11.2. The number of anilines is 1. The third kappa shape index (κ3) is 3.42. The van der Waals surface area contributed by atoms with Crippen molar-refractivity contribution in [3.05, 3.63) is 18.0 Å². The number of pyridine rings is 1. The number of thioether (sulfide) groups is 1. The number of carbonyl (C=O) groups is 1. The molecule has 3 heterocycles. The highest BCUT2D eigenvalue weighted by molar-refractivity contribution is 8.14. The summed E-state index contributed by atoms with van der Waals surface area (Å²) in [4.78, 5) is 21.9. The van der Waals surface area contributed by atoms with Gasteiger partial charge in [-0.2, -0.15) is 0 Å². The number of hydrogen-bond acceptors (Lipinski definition) is 7. The van der Waals surface area contributed by atoms with Crippen LogP contribution in [0.2, 0.25) is 0 Å². The van der Waals surface area contributed by atoms with Crippen LogP contribution in [0.15, 0.2) is 17.3 Å². The normalized spacial score (nSPS) is 24.0. The van der Waals surface area contributed by atoms with Crippen molar-refractivity contribution >= 4 is 28.5 Å². The Kier molecular flexibility index (Phi) is 5.16. The number of rotatable bonds is 3. The molecule has 1 fully saturated rings. The maximum Gasteiger partial charge on any atom is 0.332 e. The Morgan fingerprint density at radius 1 is 1.43 bits per heavy atom. The minimum atomic E-state index is -1.15. The minimum Gasteiger partial charge on any atom is -0.506 e. The molecular weight excluding hydrogens is 316 g/mol. The monoisotopic (exact) mass is 338 g/mol. The van der Waals surface area contributed by atoms with Crippen LogP contribution in [-0.2, 0) is 4.79 Å². The van der Waals surface area contributed by atoms with Crippen LogP contribution >= 0.6 is 11.8 Å². The molecule has 0 aromatic carbocycles. The van der Waals surface area contributed by atoms with Gasteiger partial charge in [-0.1, -0.05) is 7.43 Å². The number of aromatic hydroxyl groups is 1. The molecule has 1 aromatic heterocycles. The fourth-order valence-corrected chi connectivity index (χ4v) is 3.60. The lowest BCUT2D eigenvalue weighted by Gasteiger charge is -2.29. The molecule has 3 N–H and O–H groups in total. The molecule has 0 amide bonds. The molecule has 8 heteroatoms. The summed E-state index contributed by atoms with van der Waals surface area (Å²) in [5, 5.41) is 23.2. The first-order chi connectivity index (χ1) is 10.5. The van der Waals surface area contributed by atoms with Gasteiger partial charge in [0, 0.05) is 38.0 Å². The Bertz CT molecular complexity index is 631. The molecule has 0 bridgehead atoms. The van der Waals surface area contributed by atoms with E-state index in [1.165, 1.54) is 11.8 Å². The molecule has 7 nitrogen and oxygen atoms in total. The first-order valence-corrected chi connectivity index (χ1v) is 8.09. The smallest absolute Gasteiger partial charge is 0.332 e. The number of piperazine rings is 1. The molecule has 3 rings (SSSR count). The van der Waals surface area contributed by atoms with Crippen LogP contribution in [0, 0.1) is 0 Å². The summed E-state index contributed by atoms with van der Waals surface area (Å²) in [7, 11) is 0. The average molecular weight is 338 g/mol. The lowest BCUT2D eigenvalue weighted by molar-refractivity contribution is -0.141. The second kappa shape index (κ2) is 6.76. The zero-order chi connectivity index (χ0) is 15.7. The van der Waals surface area contributed by atoms with Crippen molar-refractivity contribution in [2.24, 2.45) is 4.99 Å². The first-order valence-electron chi connectivity index (χ1n) is 7.11. The van der Waals surface area contributed by atoms with E-state index in [9.17, 15) is 15.0 Å². The van der Waals surface area contributed by atoms with Gasteiger partial charge in [0.15, 0.2) is 5.54 Å². The van der Waals surface area contributed by atoms with E-state index in [0.717, 1.165) is 31.9 Å². The van der Waals surface area contributed by atoms with Crippen LogP contribution in [0.5, 0.6) is 5.75 Å². The Labute approximate surface area is 139 Å². The van der Waals surface area contributed by atoms with Gasteiger partial charge in [-0.3, -0.25) is 4.99 Å². The first kappa shape index (κ1) is 17.6. The van der Waals surface area contributed by atoms with E-state index in [-0.39, 0.29) is 13.2 Å². The van der Waals surface area contributed by atoms with E-state index < -0.39 is 11.5 Å². The van der Waals surface area contributed by atoms with Gasteiger partial charge in [0.25, 0.3) is 0 Å². The van der Waals surface area contributed by atoms with E-state index >= 15 is 0 Å². The summed E-state index contributed by atoms with van der Waals surface area (Å²) in [5.74, 6) is -0.581. The van der Waals surface area contributed by atoms with Gasteiger partial charge in [-0.15, -0.1) is 11.8 Å². The summed E-state index contributed by atoms with van der Waals surface area (Å²) >= 11 is 1.31. The second-order valence-electron chi connectivity index (χ2n) is 5.58. The summed E-state index contributed by atoms with van der Waals surface area (Å²) in [6.07, 6.45) is 1.71. The lowest BCUT2D eigenvalue weighted by Crippen LogP contribution is -2.43. The van der Waals surface area contributed by atoms with Crippen molar-refractivity contribution in [3.63, 3.8) is 0 Å². The van der Waals surface area contributed by atoms with Crippen molar-refractivity contribution in [3.8, 4) is 5.75 Å². The van der Waals surface area contributed by atoms with Gasteiger partial charge in [0.05, 0.1) is 11.9 Å². The largest absolute Gasteiger partial charge is 0.506 e. The number of aromatic nitrogens is 1. The van der Waals surface area contributed by atoms with Crippen LogP contribution in [0.4, 0.5) is 5.69 Å². The van der Waals surface area contributed by atoms with E-state index in [1.54, 1.807) is 19.2 Å². The number of aliphatic imine (C=N–C) groups is 1. The van der Waals surface area contributed by atoms with Crippen molar-refractivity contribution in [2.75, 3.05) is 36.8 Å². The van der Waals surface area contributed by atoms with Crippen LogP contribution in [0.1, 0.15) is 20.0 Å². The highest BCUT2D eigenvalue weighted by Crippen LogP contribution is 2.34. The quantitative estimate of drug-likeness (QED) is 0.761. The standard InChI is InChI=1S/C14H18N4O3S.CH4/c1-14(13(20)21)8-22-12(17-14)11-10(19)6-9(7-16-11)18-4-2-15-3-5-18;/h6-7,15,19H,2-5,8H2,1H3,(H,20,21);1H4/t14-;/m1./s1. The van der Waals surface area contributed by atoms with Crippen LogP contribution in [0.3, 0.4) is 0 Å². The molecule has 1 aromatic rings. The van der Waals surface area contributed by atoms with Crippen molar-refractivity contribution in [2.45, 2.75) is 19.9 Å². The molecule has 0 saturated carbocycles. The van der Waals surface area contributed by atoms with Gasteiger partial charge >= 0.3 is 5.97 Å². The van der Waals surface area contributed by atoms with Crippen LogP contribution in [-0.4, -0.2) is 63.7 Å². The van der Waals surface area contributed by atoms with E-state index in [2.05, 4.69) is 20.2 Å². The number of carboxylic acid groups (broad SMARTS) is 1. The highest BCUT2D eigenvalue weighted by Gasteiger charge is 2.39. The van der Waals surface area contributed by atoms with Gasteiger partial charge in [0.1, 0.15) is 16.5 Å². The number of hydrogen-bond donors (Lipinski definition) is 3. The predicted octanol–water partition coefficient (Wildman–Crippen LogP) is 1.17. The average Bonchev–Trinajstić information content (AvgIpc) is 2.92. The number of carboxylic acids is 1. The second-order valence-corrected chi connectivity index (χ2v) is 6.55. The summed E-state index contributed by atoms with van der Waals surface area (Å²) in [6, 6.07) is 1.67. The number of aliphatic carboxylic acids is 1. The lowest BCUT2D eigenvalue weighted by atomic mass is 10.1. The minimum absolute atomic E-state index is 0.